The maximum atomic E-state index is 13.4. The fourth-order valence-electron chi connectivity index (χ4n) is 3.92. The third kappa shape index (κ3) is 2.10. The number of amides is 1. The second kappa shape index (κ2) is 5.95. The number of carbonyl (C=O) groups is 2. The first-order valence-corrected chi connectivity index (χ1v) is 8.46. The Morgan fingerprint density at radius 3 is 2.81 bits per heavy atom. The van der Waals surface area contributed by atoms with Gasteiger partial charge in [-0.15, -0.1) is 0 Å². The van der Waals surface area contributed by atoms with Gasteiger partial charge in [0.05, 0.1) is 12.2 Å². The van der Waals surface area contributed by atoms with Crippen molar-refractivity contribution in [3.8, 4) is 11.3 Å². The van der Waals surface area contributed by atoms with Crippen LogP contribution in [0.1, 0.15) is 18.2 Å². The van der Waals surface area contributed by atoms with E-state index in [4.69, 9.17) is 19.6 Å². The van der Waals surface area contributed by atoms with E-state index in [0.717, 1.165) is 0 Å². The van der Waals surface area contributed by atoms with Gasteiger partial charge in [0, 0.05) is 25.4 Å². The number of ether oxygens (including phenoxy) is 2. The number of benzene rings is 1. The number of oxazole rings is 1. The van der Waals surface area contributed by atoms with Crippen LogP contribution < -0.4 is 5.73 Å². The Morgan fingerprint density at radius 2 is 2.07 bits per heavy atom. The number of carbonyl (C=O) groups excluding carboxylic acids is 2. The number of hydrogen-bond acceptors (Lipinski definition) is 7. The third-order valence-electron chi connectivity index (χ3n) is 5.16. The molecule has 4 rings (SSSR count). The first-order chi connectivity index (χ1) is 12.9. The van der Waals surface area contributed by atoms with E-state index < -0.39 is 11.4 Å². The zero-order valence-electron chi connectivity index (χ0n) is 15.2. The monoisotopic (exact) mass is 369 g/mol. The fourth-order valence-corrected chi connectivity index (χ4v) is 3.92. The molecule has 2 aliphatic rings. The molecular weight excluding hydrogens is 350 g/mol. The first-order valence-electron chi connectivity index (χ1n) is 8.46. The highest BCUT2D eigenvalue weighted by molar-refractivity contribution is 6.14. The summed E-state index contributed by atoms with van der Waals surface area (Å²) >= 11 is 0. The van der Waals surface area contributed by atoms with Gasteiger partial charge in [0.1, 0.15) is 12.3 Å². The topological polar surface area (TPSA) is 108 Å². The van der Waals surface area contributed by atoms with E-state index >= 15 is 0 Å². The molecule has 1 aliphatic carbocycles. The van der Waals surface area contributed by atoms with Crippen LogP contribution >= 0.6 is 0 Å². The molecule has 8 nitrogen and oxygen atoms in total. The highest BCUT2D eigenvalue weighted by Gasteiger charge is 2.63. The number of likely N-dealkylation sites (N-methyl/N-ethyl adjacent to an activating group) is 1. The van der Waals surface area contributed by atoms with Gasteiger partial charge in [-0.1, -0.05) is 24.3 Å². The molecule has 0 saturated heterocycles. The van der Waals surface area contributed by atoms with Gasteiger partial charge < -0.3 is 24.5 Å². The molecular formula is C19H19N3O5. The summed E-state index contributed by atoms with van der Waals surface area (Å²) in [5.74, 6) is -0.480. The van der Waals surface area contributed by atoms with Crippen LogP contribution in [0.2, 0.25) is 0 Å². The van der Waals surface area contributed by atoms with Gasteiger partial charge in [-0.05, 0) is 12.5 Å². The summed E-state index contributed by atoms with van der Waals surface area (Å²) in [4.78, 5) is 32.2. The van der Waals surface area contributed by atoms with Crippen molar-refractivity contribution in [3.05, 3.63) is 46.8 Å². The van der Waals surface area contributed by atoms with Crippen molar-refractivity contribution in [1.29, 1.82) is 0 Å². The summed E-state index contributed by atoms with van der Waals surface area (Å²) in [5.41, 5.74) is 6.75. The molecule has 2 aromatic rings. The second-order valence-corrected chi connectivity index (χ2v) is 6.48. The van der Waals surface area contributed by atoms with Gasteiger partial charge in [-0.2, -0.15) is 4.98 Å². The molecule has 2 heterocycles. The standard InChI is InChI=1S/C19H19N3O5/c1-10-13(16(23)26-9-8-25-3)19(17(24)22(10)2)12-7-5-4-6-11(12)14-15(19)21-18(20)27-14/h4-7H,8-9H2,1-3H3,(H2,20,21)/t19-/m1/s1. The van der Waals surface area contributed by atoms with Crippen LogP contribution in [0.3, 0.4) is 0 Å². The van der Waals surface area contributed by atoms with Crippen molar-refractivity contribution >= 4 is 17.9 Å². The Bertz CT molecular complexity index is 993. The predicted molar refractivity (Wildman–Crippen MR) is 95.4 cm³/mol. The van der Waals surface area contributed by atoms with Crippen molar-refractivity contribution in [3.63, 3.8) is 0 Å². The Kier molecular flexibility index (Phi) is 3.81. The summed E-state index contributed by atoms with van der Waals surface area (Å²) in [6.07, 6.45) is 0. The van der Waals surface area contributed by atoms with Crippen molar-refractivity contribution in [2.45, 2.75) is 12.3 Å². The lowest BCUT2D eigenvalue weighted by Crippen LogP contribution is -2.41. The van der Waals surface area contributed by atoms with Gasteiger partial charge in [-0.3, -0.25) is 4.79 Å². The molecule has 1 spiro atoms. The largest absolute Gasteiger partial charge is 0.460 e. The second-order valence-electron chi connectivity index (χ2n) is 6.48. The molecule has 1 atom stereocenters. The number of esters is 1. The summed E-state index contributed by atoms with van der Waals surface area (Å²) in [7, 11) is 3.14. The molecule has 0 saturated carbocycles. The van der Waals surface area contributed by atoms with Crippen molar-refractivity contribution in [1.82, 2.24) is 9.88 Å². The van der Waals surface area contributed by atoms with Gasteiger partial charge in [0.2, 0.25) is 5.91 Å². The number of nitrogen functional groups attached to an aromatic ring is 1. The predicted octanol–water partition coefficient (Wildman–Crippen LogP) is 1.46. The molecule has 0 radical (unpaired) electrons. The number of allylic oxidation sites excluding steroid dienone is 1. The maximum absolute atomic E-state index is 13.4. The van der Waals surface area contributed by atoms with Crippen LogP contribution in [0.5, 0.6) is 0 Å². The van der Waals surface area contributed by atoms with E-state index in [1.165, 1.54) is 12.0 Å². The van der Waals surface area contributed by atoms with Crippen molar-refractivity contribution < 1.29 is 23.5 Å². The lowest BCUT2D eigenvalue weighted by Gasteiger charge is -2.25. The Labute approximate surface area is 155 Å². The molecule has 1 aromatic carbocycles. The summed E-state index contributed by atoms with van der Waals surface area (Å²) in [5, 5.41) is 0. The minimum Gasteiger partial charge on any atom is -0.460 e. The van der Waals surface area contributed by atoms with Gasteiger partial charge in [-0.25, -0.2) is 4.79 Å². The number of fused-ring (bicyclic) bond motifs is 5. The first kappa shape index (κ1) is 17.3. The zero-order valence-corrected chi connectivity index (χ0v) is 15.2. The Balaban J connectivity index is 1.97. The van der Waals surface area contributed by atoms with Gasteiger partial charge >= 0.3 is 5.97 Å². The maximum Gasteiger partial charge on any atom is 0.337 e. The highest BCUT2D eigenvalue weighted by Crippen LogP contribution is 2.57. The van der Waals surface area contributed by atoms with Crippen LogP contribution in [-0.4, -0.2) is 49.1 Å². The van der Waals surface area contributed by atoms with Crippen LogP contribution in [0.15, 0.2) is 40.0 Å². The average Bonchev–Trinajstić information content (AvgIpc) is 3.22. The lowest BCUT2D eigenvalue weighted by molar-refractivity contribution is -0.142. The van der Waals surface area contributed by atoms with E-state index in [9.17, 15) is 9.59 Å². The molecule has 1 aliphatic heterocycles. The summed E-state index contributed by atoms with van der Waals surface area (Å²) < 4.78 is 15.9. The average molecular weight is 369 g/mol. The number of rotatable bonds is 4. The number of methoxy groups -OCH3 is 1. The lowest BCUT2D eigenvalue weighted by atomic mass is 9.74. The number of hydrogen-bond donors (Lipinski definition) is 1. The minimum absolute atomic E-state index is 0.0546. The number of anilines is 1. The molecule has 140 valence electrons. The molecule has 2 N–H and O–H groups in total. The molecule has 27 heavy (non-hydrogen) atoms. The van der Waals surface area contributed by atoms with E-state index in [2.05, 4.69) is 4.98 Å². The van der Waals surface area contributed by atoms with Crippen LogP contribution in [0.4, 0.5) is 6.01 Å². The summed E-state index contributed by atoms with van der Waals surface area (Å²) in [6, 6.07) is 7.21. The molecule has 8 heteroatoms. The van der Waals surface area contributed by atoms with E-state index in [-0.39, 0.29) is 30.7 Å². The molecule has 0 bridgehead atoms. The molecule has 1 amide bonds. The zero-order chi connectivity index (χ0) is 19.3. The van der Waals surface area contributed by atoms with Crippen molar-refractivity contribution in [2.75, 3.05) is 33.1 Å². The fraction of sp³-hybridized carbons (Fsp3) is 0.316. The van der Waals surface area contributed by atoms with Gasteiger partial charge in [0.15, 0.2) is 11.2 Å². The molecule has 0 unspecified atom stereocenters. The normalized spacial score (nSPS) is 20.4. The van der Waals surface area contributed by atoms with E-state index in [0.29, 0.717) is 28.3 Å². The van der Waals surface area contributed by atoms with E-state index in [1.807, 2.05) is 18.2 Å². The summed E-state index contributed by atoms with van der Waals surface area (Å²) in [6.45, 7) is 2.05. The number of aromatic nitrogens is 1. The minimum atomic E-state index is -1.42. The highest BCUT2D eigenvalue weighted by atomic mass is 16.6. The molecule has 1 aromatic heterocycles. The Morgan fingerprint density at radius 1 is 1.33 bits per heavy atom. The van der Waals surface area contributed by atoms with Crippen LogP contribution in [0.25, 0.3) is 11.3 Å². The van der Waals surface area contributed by atoms with Crippen LogP contribution in [0, 0.1) is 0 Å². The van der Waals surface area contributed by atoms with Crippen LogP contribution in [-0.2, 0) is 24.5 Å². The smallest absolute Gasteiger partial charge is 0.337 e. The van der Waals surface area contributed by atoms with Crippen molar-refractivity contribution in [2.24, 2.45) is 0 Å². The molecule has 0 fully saturated rings. The number of nitrogens with two attached hydrogens (primary N) is 1. The number of nitrogens with zero attached hydrogens (tertiary/aromatic N) is 2. The van der Waals surface area contributed by atoms with E-state index in [1.54, 1.807) is 20.0 Å². The Hall–Kier alpha value is -3.13. The van der Waals surface area contributed by atoms with Gasteiger partial charge in [0.25, 0.3) is 6.01 Å². The third-order valence-corrected chi connectivity index (χ3v) is 5.16. The SMILES string of the molecule is COCCOC(=O)C1=C(C)N(C)C(=O)[C@]12c1ccccc1-c1oc(N)nc12. The quantitative estimate of drug-likeness (QED) is 0.642.